The topological polar surface area (TPSA) is 44.8 Å². The molecule has 2 rings (SSSR count). The standard InChI is InChI=1S/C10H8O4/c1-12-10(11)8-2-3-9-7(6-8)4-5-13-14-9/h2-6H,1H3. The predicted molar refractivity (Wildman–Crippen MR) is 48.5 cm³/mol. The number of carbonyl (C=O) groups excluding carboxylic acids is 1. The quantitative estimate of drug-likeness (QED) is 0.502. The Morgan fingerprint density at radius 2 is 2.29 bits per heavy atom. The van der Waals surface area contributed by atoms with Gasteiger partial charge in [-0.25, -0.2) is 4.79 Å². The molecule has 1 aliphatic heterocycles. The van der Waals surface area contributed by atoms with Crippen molar-refractivity contribution >= 4 is 12.0 Å². The summed E-state index contributed by atoms with van der Waals surface area (Å²) in [4.78, 5) is 20.7. The molecule has 0 amide bonds. The van der Waals surface area contributed by atoms with Gasteiger partial charge in [-0.1, -0.05) is 0 Å². The molecule has 1 aromatic carbocycles. The summed E-state index contributed by atoms with van der Waals surface area (Å²) in [6, 6.07) is 4.96. The van der Waals surface area contributed by atoms with Crippen LogP contribution in [0.1, 0.15) is 15.9 Å². The number of ether oxygens (including phenoxy) is 1. The van der Waals surface area contributed by atoms with E-state index in [1.807, 2.05) is 0 Å². The fourth-order valence-corrected chi connectivity index (χ4v) is 1.18. The Morgan fingerprint density at radius 1 is 1.43 bits per heavy atom. The van der Waals surface area contributed by atoms with Crippen molar-refractivity contribution in [3.05, 3.63) is 35.6 Å². The van der Waals surface area contributed by atoms with Crippen LogP contribution in [0.3, 0.4) is 0 Å². The molecular weight excluding hydrogens is 184 g/mol. The molecule has 0 aliphatic carbocycles. The van der Waals surface area contributed by atoms with Crippen molar-refractivity contribution in [2.45, 2.75) is 0 Å². The summed E-state index contributed by atoms with van der Waals surface area (Å²) >= 11 is 0. The molecule has 1 aliphatic rings. The number of carbonyl (C=O) groups is 1. The monoisotopic (exact) mass is 192 g/mol. The highest BCUT2D eigenvalue weighted by Crippen LogP contribution is 2.25. The zero-order chi connectivity index (χ0) is 9.97. The molecule has 0 saturated carbocycles. The molecule has 1 aromatic rings. The maximum Gasteiger partial charge on any atom is 0.337 e. The number of rotatable bonds is 1. The van der Waals surface area contributed by atoms with Gasteiger partial charge >= 0.3 is 5.97 Å². The van der Waals surface area contributed by atoms with Gasteiger partial charge in [-0.15, -0.1) is 0 Å². The van der Waals surface area contributed by atoms with Crippen LogP contribution < -0.4 is 4.89 Å². The third-order valence-corrected chi connectivity index (χ3v) is 1.87. The molecule has 0 atom stereocenters. The van der Waals surface area contributed by atoms with Crippen molar-refractivity contribution in [1.29, 1.82) is 0 Å². The molecule has 0 radical (unpaired) electrons. The lowest BCUT2D eigenvalue weighted by atomic mass is 10.1. The van der Waals surface area contributed by atoms with Gasteiger partial charge in [0.25, 0.3) is 0 Å². The summed E-state index contributed by atoms with van der Waals surface area (Å²) in [7, 11) is 1.34. The molecule has 0 aromatic heterocycles. The van der Waals surface area contributed by atoms with E-state index in [-0.39, 0.29) is 5.97 Å². The van der Waals surface area contributed by atoms with E-state index in [2.05, 4.69) is 9.62 Å². The highest BCUT2D eigenvalue weighted by Gasteiger charge is 2.11. The number of hydrogen-bond donors (Lipinski definition) is 0. The zero-order valence-electron chi connectivity index (χ0n) is 7.52. The predicted octanol–water partition coefficient (Wildman–Crippen LogP) is 1.77. The van der Waals surface area contributed by atoms with Gasteiger partial charge < -0.3 is 4.74 Å². The van der Waals surface area contributed by atoms with Crippen LogP contribution in [-0.4, -0.2) is 13.1 Å². The Balaban J connectivity index is 2.40. The average molecular weight is 192 g/mol. The molecule has 0 saturated heterocycles. The normalized spacial score (nSPS) is 12.4. The summed E-state index contributed by atoms with van der Waals surface area (Å²) in [5, 5.41) is 0. The van der Waals surface area contributed by atoms with Gasteiger partial charge in [0.15, 0.2) is 5.75 Å². The van der Waals surface area contributed by atoms with Gasteiger partial charge in [-0.3, -0.25) is 9.78 Å². The molecule has 72 valence electrons. The average Bonchev–Trinajstić information content (AvgIpc) is 2.27. The second kappa shape index (κ2) is 3.41. The number of methoxy groups -OCH3 is 1. The third-order valence-electron chi connectivity index (χ3n) is 1.87. The Morgan fingerprint density at radius 3 is 3.07 bits per heavy atom. The van der Waals surface area contributed by atoms with Crippen LogP contribution in [0.15, 0.2) is 24.5 Å². The summed E-state index contributed by atoms with van der Waals surface area (Å²) in [6.45, 7) is 0. The van der Waals surface area contributed by atoms with E-state index in [9.17, 15) is 4.79 Å². The first kappa shape index (κ1) is 8.62. The van der Waals surface area contributed by atoms with Crippen LogP contribution in [0.5, 0.6) is 5.75 Å². The largest absolute Gasteiger partial charge is 0.465 e. The Labute approximate surface area is 80.6 Å². The van der Waals surface area contributed by atoms with Crippen molar-refractivity contribution in [3.63, 3.8) is 0 Å². The van der Waals surface area contributed by atoms with E-state index in [1.165, 1.54) is 13.4 Å². The van der Waals surface area contributed by atoms with Gasteiger partial charge in [-0.2, -0.15) is 0 Å². The van der Waals surface area contributed by atoms with E-state index < -0.39 is 0 Å². The fraction of sp³-hybridized carbons (Fsp3) is 0.100. The molecule has 1 heterocycles. The van der Waals surface area contributed by atoms with Crippen LogP contribution in [0.25, 0.3) is 6.08 Å². The molecule has 4 heteroatoms. The van der Waals surface area contributed by atoms with Crippen molar-refractivity contribution in [2.24, 2.45) is 0 Å². The smallest absolute Gasteiger partial charge is 0.337 e. The molecule has 0 bridgehead atoms. The van der Waals surface area contributed by atoms with Crippen LogP contribution >= 0.6 is 0 Å². The Hall–Kier alpha value is -1.97. The molecular formula is C10H8O4. The minimum Gasteiger partial charge on any atom is -0.465 e. The first-order valence-electron chi connectivity index (χ1n) is 4.03. The number of esters is 1. The Bertz CT molecular complexity index is 395. The second-order valence-corrected chi connectivity index (χ2v) is 2.73. The SMILES string of the molecule is COC(=O)c1ccc2c(c1)C=COO2. The first-order chi connectivity index (χ1) is 6.81. The lowest BCUT2D eigenvalue weighted by molar-refractivity contribution is -0.151. The van der Waals surface area contributed by atoms with Gasteiger partial charge in [0.2, 0.25) is 0 Å². The van der Waals surface area contributed by atoms with E-state index in [0.717, 1.165) is 5.56 Å². The van der Waals surface area contributed by atoms with Gasteiger partial charge in [0, 0.05) is 5.56 Å². The Kier molecular flexibility index (Phi) is 2.10. The van der Waals surface area contributed by atoms with Crippen LogP contribution in [0.2, 0.25) is 0 Å². The number of hydrogen-bond acceptors (Lipinski definition) is 4. The highest BCUT2D eigenvalue weighted by molar-refractivity contribution is 5.90. The van der Waals surface area contributed by atoms with Crippen molar-refractivity contribution < 1.29 is 19.3 Å². The van der Waals surface area contributed by atoms with Gasteiger partial charge in [0.05, 0.1) is 12.7 Å². The minimum absolute atomic E-state index is 0.368. The summed E-state index contributed by atoms with van der Waals surface area (Å²) < 4.78 is 4.59. The molecule has 0 fully saturated rings. The third kappa shape index (κ3) is 1.42. The van der Waals surface area contributed by atoms with Crippen LogP contribution in [-0.2, 0) is 9.62 Å². The highest BCUT2D eigenvalue weighted by atomic mass is 17.2. The van der Waals surface area contributed by atoms with Gasteiger partial charge in [-0.05, 0) is 24.3 Å². The molecule has 0 N–H and O–H groups in total. The van der Waals surface area contributed by atoms with E-state index >= 15 is 0 Å². The maximum atomic E-state index is 11.2. The molecule has 0 unspecified atom stereocenters. The molecule has 14 heavy (non-hydrogen) atoms. The van der Waals surface area contributed by atoms with E-state index in [4.69, 9.17) is 4.89 Å². The fourth-order valence-electron chi connectivity index (χ4n) is 1.18. The lowest BCUT2D eigenvalue weighted by Gasteiger charge is -2.10. The lowest BCUT2D eigenvalue weighted by Crippen LogP contribution is -2.03. The minimum atomic E-state index is -0.368. The van der Waals surface area contributed by atoms with Crippen LogP contribution in [0.4, 0.5) is 0 Å². The van der Waals surface area contributed by atoms with E-state index in [0.29, 0.717) is 11.3 Å². The zero-order valence-corrected chi connectivity index (χ0v) is 7.52. The molecule has 4 nitrogen and oxygen atoms in total. The number of benzene rings is 1. The summed E-state index contributed by atoms with van der Waals surface area (Å²) in [5.74, 6) is 0.216. The number of fused-ring (bicyclic) bond motifs is 1. The second-order valence-electron chi connectivity index (χ2n) is 2.73. The molecule has 0 spiro atoms. The van der Waals surface area contributed by atoms with Crippen molar-refractivity contribution in [3.8, 4) is 5.75 Å². The van der Waals surface area contributed by atoms with E-state index in [1.54, 1.807) is 24.3 Å². The maximum absolute atomic E-state index is 11.2. The summed E-state index contributed by atoms with van der Waals surface area (Å²) in [6.07, 6.45) is 3.12. The van der Waals surface area contributed by atoms with Crippen molar-refractivity contribution in [2.75, 3.05) is 7.11 Å². The first-order valence-corrected chi connectivity index (χ1v) is 4.03. The van der Waals surface area contributed by atoms with Crippen LogP contribution in [0, 0.1) is 0 Å². The van der Waals surface area contributed by atoms with Gasteiger partial charge in [0.1, 0.15) is 6.26 Å². The summed E-state index contributed by atoms with van der Waals surface area (Å²) in [5.41, 5.74) is 1.28. The van der Waals surface area contributed by atoms with Crippen molar-refractivity contribution in [1.82, 2.24) is 0 Å².